The summed E-state index contributed by atoms with van der Waals surface area (Å²) in [5.74, 6) is -1.05. The van der Waals surface area contributed by atoms with Crippen LogP contribution in [0.4, 0.5) is 0 Å². The Bertz CT molecular complexity index is 207. The van der Waals surface area contributed by atoms with E-state index in [1.54, 1.807) is 20.8 Å². The fourth-order valence-corrected chi connectivity index (χ4v) is 0.735. The lowest BCUT2D eigenvalue weighted by Crippen LogP contribution is -2.53. The molecule has 5 nitrogen and oxygen atoms in total. The van der Waals surface area contributed by atoms with Crippen molar-refractivity contribution in [3.63, 3.8) is 0 Å². The summed E-state index contributed by atoms with van der Waals surface area (Å²) in [5, 5.41) is 20.6. The van der Waals surface area contributed by atoms with Crippen molar-refractivity contribution in [2.24, 2.45) is 0 Å². The molecule has 14 heavy (non-hydrogen) atoms. The maximum absolute atomic E-state index is 10.7. The summed E-state index contributed by atoms with van der Waals surface area (Å²) in [5.41, 5.74) is -1.74. The zero-order valence-electron chi connectivity index (χ0n) is 9.29. The standard InChI is InChI=1S/C9H19NO4/c1-8(2,3)14-7(13)10-9(4,5)6(11)12/h7,10,13H,1-5H3,(H,11,12). The Morgan fingerprint density at radius 2 is 1.71 bits per heavy atom. The van der Waals surface area contributed by atoms with Crippen LogP contribution in [-0.2, 0) is 9.53 Å². The largest absolute Gasteiger partial charge is 0.480 e. The first-order chi connectivity index (χ1) is 6.04. The minimum atomic E-state index is -1.29. The van der Waals surface area contributed by atoms with Crippen molar-refractivity contribution in [2.75, 3.05) is 0 Å². The van der Waals surface area contributed by atoms with E-state index in [-0.39, 0.29) is 0 Å². The highest BCUT2D eigenvalue weighted by atomic mass is 16.6. The number of hydrogen-bond donors (Lipinski definition) is 3. The van der Waals surface area contributed by atoms with Gasteiger partial charge in [-0.1, -0.05) is 0 Å². The molecule has 0 amide bonds. The second kappa shape index (κ2) is 4.25. The van der Waals surface area contributed by atoms with Gasteiger partial charge in [0.15, 0.2) is 0 Å². The molecule has 0 bridgehead atoms. The zero-order valence-corrected chi connectivity index (χ0v) is 9.29. The van der Waals surface area contributed by atoms with E-state index in [0.717, 1.165) is 0 Å². The van der Waals surface area contributed by atoms with Crippen molar-refractivity contribution < 1.29 is 19.7 Å². The third-order valence-electron chi connectivity index (χ3n) is 1.48. The lowest BCUT2D eigenvalue weighted by Gasteiger charge is -2.29. The van der Waals surface area contributed by atoms with Gasteiger partial charge in [-0.25, -0.2) is 0 Å². The number of carboxylic acids is 1. The van der Waals surface area contributed by atoms with Crippen LogP contribution in [0.25, 0.3) is 0 Å². The molecule has 0 saturated carbocycles. The highest BCUT2D eigenvalue weighted by molar-refractivity contribution is 5.77. The molecular formula is C9H19NO4. The van der Waals surface area contributed by atoms with Crippen LogP contribution >= 0.6 is 0 Å². The van der Waals surface area contributed by atoms with Crippen LogP contribution in [0.15, 0.2) is 0 Å². The average molecular weight is 205 g/mol. The van der Waals surface area contributed by atoms with E-state index in [1.807, 2.05) is 0 Å². The topological polar surface area (TPSA) is 78.8 Å². The number of aliphatic carboxylic acids is 1. The lowest BCUT2D eigenvalue weighted by molar-refractivity contribution is -0.195. The van der Waals surface area contributed by atoms with Crippen molar-refractivity contribution >= 4 is 5.97 Å². The Balaban J connectivity index is 4.19. The predicted molar refractivity (Wildman–Crippen MR) is 51.7 cm³/mol. The van der Waals surface area contributed by atoms with Gasteiger partial charge in [-0.15, -0.1) is 0 Å². The van der Waals surface area contributed by atoms with E-state index >= 15 is 0 Å². The number of carbonyl (C=O) groups is 1. The Kier molecular flexibility index (Phi) is 4.05. The number of nitrogens with one attached hydrogen (secondary N) is 1. The summed E-state index contributed by atoms with van der Waals surface area (Å²) in [6, 6.07) is 0. The molecule has 0 aliphatic heterocycles. The van der Waals surface area contributed by atoms with Crippen LogP contribution in [0.2, 0.25) is 0 Å². The molecule has 0 aliphatic carbocycles. The van der Waals surface area contributed by atoms with Gasteiger partial charge in [0.05, 0.1) is 5.60 Å². The minimum Gasteiger partial charge on any atom is -0.480 e. The molecule has 0 rings (SSSR count). The SMILES string of the molecule is CC(C)(C)OC(O)NC(C)(C)C(=O)O. The van der Waals surface area contributed by atoms with Crippen molar-refractivity contribution in [3.05, 3.63) is 0 Å². The van der Waals surface area contributed by atoms with Crippen molar-refractivity contribution in [1.82, 2.24) is 5.32 Å². The first kappa shape index (κ1) is 13.4. The van der Waals surface area contributed by atoms with Crippen molar-refractivity contribution in [3.8, 4) is 0 Å². The Morgan fingerprint density at radius 1 is 1.29 bits per heavy atom. The lowest BCUT2D eigenvalue weighted by atomic mass is 10.1. The van der Waals surface area contributed by atoms with Gasteiger partial charge < -0.3 is 14.9 Å². The van der Waals surface area contributed by atoms with Gasteiger partial charge in [0.1, 0.15) is 5.54 Å². The molecule has 0 fully saturated rings. The van der Waals surface area contributed by atoms with Crippen LogP contribution in [0, 0.1) is 0 Å². The average Bonchev–Trinajstić information content (AvgIpc) is 1.79. The third kappa shape index (κ3) is 5.16. The fraction of sp³-hybridized carbons (Fsp3) is 0.889. The summed E-state index contributed by atoms with van der Waals surface area (Å²) >= 11 is 0. The highest BCUT2D eigenvalue weighted by Gasteiger charge is 2.30. The van der Waals surface area contributed by atoms with Gasteiger partial charge in [0.2, 0.25) is 6.41 Å². The van der Waals surface area contributed by atoms with E-state index < -0.39 is 23.5 Å². The van der Waals surface area contributed by atoms with E-state index in [4.69, 9.17) is 9.84 Å². The van der Waals surface area contributed by atoms with Crippen LogP contribution in [0.1, 0.15) is 34.6 Å². The first-order valence-corrected chi connectivity index (χ1v) is 4.41. The van der Waals surface area contributed by atoms with Crippen LogP contribution in [0.3, 0.4) is 0 Å². The maximum Gasteiger partial charge on any atom is 0.323 e. The quantitative estimate of drug-likeness (QED) is 0.583. The van der Waals surface area contributed by atoms with Gasteiger partial charge in [-0.3, -0.25) is 10.1 Å². The molecule has 1 atom stereocenters. The van der Waals surface area contributed by atoms with Crippen LogP contribution in [0.5, 0.6) is 0 Å². The molecule has 84 valence electrons. The molecule has 3 N–H and O–H groups in total. The molecule has 0 aromatic heterocycles. The second-order valence-corrected chi connectivity index (χ2v) is 4.66. The predicted octanol–water partition coefficient (Wildman–Crippen LogP) is 0.530. The van der Waals surface area contributed by atoms with Gasteiger partial charge in [-0.05, 0) is 34.6 Å². The van der Waals surface area contributed by atoms with Gasteiger partial charge in [0.25, 0.3) is 0 Å². The number of aliphatic hydroxyl groups excluding tert-OH is 1. The number of ether oxygens (including phenoxy) is 1. The zero-order chi connectivity index (χ0) is 11.6. The Labute approximate surface area is 84.1 Å². The van der Waals surface area contributed by atoms with Gasteiger partial charge in [-0.2, -0.15) is 0 Å². The van der Waals surface area contributed by atoms with E-state index in [9.17, 15) is 9.90 Å². The van der Waals surface area contributed by atoms with Crippen molar-refractivity contribution in [2.45, 2.75) is 52.2 Å². The van der Waals surface area contributed by atoms with Crippen LogP contribution < -0.4 is 5.32 Å². The normalized spacial score (nSPS) is 15.3. The highest BCUT2D eigenvalue weighted by Crippen LogP contribution is 2.11. The first-order valence-electron chi connectivity index (χ1n) is 4.41. The van der Waals surface area contributed by atoms with E-state index in [2.05, 4.69) is 5.32 Å². The molecule has 0 aromatic rings. The van der Waals surface area contributed by atoms with Gasteiger partial charge >= 0.3 is 5.97 Å². The van der Waals surface area contributed by atoms with E-state index in [1.165, 1.54) is 13.8 Å². The third-order valence-corrected chi connectivity index (χ3v) is 1.48. The number of hydrogen-bond acceptors (Lipinski definition) is 4. The molecule has 0 aliphatic rings. The number of rotatable bonds is 4. The summed E-state index contributed by atoms with van der Waals surface area (Å²) in [4.78, 5) is 10.7. The maximum atomic E-state index is 10.7. The minimum absolute atomic E-state index is 0.527. The molecular weight excluding hydrogens is 186 g/mol. The van der Waals surface area contributed by atoms with Gasteiger partial charge in [0, 0.05) is 0 Å². The molecule has 1 unspecified atom stereocenters. The monoisotopic (exact) mass is 205 g/mol. The molecule has 0 spiro atoms. The molecule has 0 heterocycles. The summed E-state index contributed by atoms with van der Waals surface area (Å²) in [6.45, 7) is 8.21. The summed E-state index contributed by atoms with van der Waals surface area (Å²) in [6.07, 6.45) is -1.29. The van der Waals surface area contributed by atoms with E-state index in [0.29, 0.717) is 0 Å². The number of aliphatic hydroxyl groups is 1. The summed E-state index contributed by atoms with van der Waals surface area (Å²) < 4.78 is 5.10. The molecule has 5 heteroatoms. The summed E-state index contributed by atoms with van der Waals surface area (Å²) in [7, 11) is 0. The number of carboxylic acid groups (broad SMARTS) is 1. The molecule has 0 saturated heterocycles. The smallest absolute Gasteiger partial charge is 0.323 e. The molecule has 0 radical (unpaired) electrons. The fourth-order valence-electron chi connectivity index (χ4n) is 0.735. The Hall–Kier alpha value is -0.650. The Morgan fingerprint density at radius 3 is 2.00 bits per heavy atom. The van der Waals surface area contributed by atoms with Crippen LogP contribution in [-0.4, -0.2) is 33.7 Å². The van der Waals surface area contributed by atoms with Crippen molar-refractivity contribution in [1.29, 1.82) is 0 Å². The molecule has 0 aromatic carbocycles. The second-order valence-electron chi connectivity index (χ2n) is 4.66.